The van der Waals surface area contributed by atoms with Gasteiger partial charge in [0.25, 0.3) is 0 Å². The van der Waals surface area contributed by atoms with Crippen LogP contribution in [0.1, 0.15) is 58.3 Å². The zero-order chi connectivity index (χ0) is 17.4. The summed E-state index contributed by atoms with van der Waals surface area (Å²) < 4.78 is 5.42. The topological polar surface area (TPSA) is 139 Å². The van der Waals surface area contributed by atoms with Crippen LogP contribution in [0, 0.1) is 5.41 Å². The maximum Gasteiger partial charge on any atom is 0.458 e. The number of amidine groups is 1. The zero-order valence-corrected chi connectivity index (χ0v) is 13.8. The number of nitrogens with one attached hydrogen (secondary N) is 1. The van der Waals surface area contributed by atoms with Gasteiger partial charge < -0.3 is 21.1 Å². The van der Waals surface area contributed by atoms with Gasteiger partial charge in [0.05, 0.1) is 11.9 Å². The van der Waals surface area contributed by atoms with Crippen LogP contribution in [0.5, 0.6) is 0 Å². The van der Waals surface area contributed by atoms with Gasteiger partial charge >= 0.3 is 7.12 Å². The average molecular weight is 325 g/mol. The second-order valence-electron chi connectivity index (χ2n) is 6.44. The summed E-state index contributed by atoms with van der Waals surface area (Å²) in [5, 5.41) is 17.1. The number of carbonyl (C=O) groups excluding carboxylic acids is 2. The van der Waals surface area contributed by atoms with Crippen LogP contribution in [0.25, 0.3) is 0 Å². The summed E-state index contributed by atoms with van der Waals surface area (Å²) in [6.07, 6.45) is 4.14. The summed E-state index contributed by atoms with van der Waals surface area (Å²) in [7, 11) is -1.01. The van der Waals surface area contributed by atoms with Crippen LogP contribution in [-0.4, -0.2) is 41.7 Å². The molecule has 1 aliphatic heterocycles. The van der Waals surface area contributed by atoms with Crippen molar-refractivity contribution in [3.05, 3.63) is 0 Å². The first-order valence-corrected chi connectivity index (χ1v) is 8.23. The van der Waals surface area contributed by atoms with Crippen molar-refractivity contribution in [2.75, 3.05) is 0 Å². The third kappa shape index (κ3) is 7.72. The summed E-state index contributed by atoms with van der Waals surface area (Å²) >= 11 is 0. The Kier molecular flexibility index (Phi) is 8.43. The quantitative estimate of drug-likeness (QED) is 0.202. The zero-order valence-electron chi connectivity index (χ0n) is 13.8. The molecule has 0 aliphatic carbocycles. The van der Waals surface area contributed by atoms with E-state index >= 15 is 0 Å². The molecule has 130 valence electrons. The lowest BCUT2D eigenvalue weighted by Gasteiger charge is -2.30. The second-order valence-corrected chi connectivity index (χ2v) is 6.44. The number of unbranched alkanes of at least 4 members (excludes halogenated alkanes) is 1. The van der Waals surface area contributed by atoms with Gasteiger partial charge in [-0.25, -0.2) is 0 Å². The van der Waals surface area contributed by atoms with Crippen molar-refractivity contribution in [3.8, 4) is 0 Å². The fourth-order valence-corrected chi connectivity index (χ4v) is 2.84. The predicted molar refractivity (Wildman–Crippen MR) is 89.1 cm³/mol. The summed E-state index contributed by atoms with van der Waals surface area (Å²) in [5.41, 5.74) is 11.2. The summed E-state index contributed by atoms with van der Waals surface area (Å²) in [5.74, 6) is -0.156. The van der Waals surface area contributed by atoms with Gasteiger partial charge in [-0.15, -0.1) is 0 Å². The van der Waals surface area contributed by atoms with E-state index in [4.69, 9.17) is 21.5 Å². The van der Waals surface area contributed by atoms with E-state index in [0.29, 0.717) is 32.1 Å². The highest BCUT2D eigenvalue weighted by Gasteiger charge is 2.37. The molecular weight excluding hydrogens is 297 g/mol. The van der Waals surface area contributed by atoms with Crippen LogP contribution in [0.3, 0.4) is 0 Å². The molecule has 0 saturated carbocycles. The molecule has 1 saturated heterocycles. The van der Waals surface area contributed by atoms with E-state index in [2.05, 4.69) is 0 Å². The molecule has 0 aromatic rings. The Morgan fingerprint density at radius 1 is 1.35 bits per heavy atom. The monoisotopic (exact) mass is 325 g/mol. The predicted octanol–water partition coefficient (Wildman–Crippen LogP) is 0.778. The number of carbonyl (C=O) groups is 2. The van der Waals surface area contributed by atoms with Crippen molar-refractivity contribution in [1.82, 2.24) is 0 Å². The Balaban J connectivity index is 2.30. The van der Waals surface area contributed by atoms with Gasteiger partial charge in [0.1, 0.15) is 11.6 Å². The van der Waals surface area contributed by atoms with Gasteiger partial charge in [-0.1, -0.05) is 6.42 Å². The van der Waals surface area contributed by atoms with Crippen LogP contribution in [0.4, 0.5) is 0 Å². The van der Waals surface area contributed by atoms with E-state index < -0.39 is 13.2 Å². The molecule has 1 heterocycles. The van der Waals surface area contributed by atoms with Crippen molar-refractivity contribution in [3.63, 3.8) is 0 Å². The fourth-order valence-electron chi connectivity index (χ4n) is 2.84. The summed E-state index contributed by atoms with van der Waals surface area (Å²) in [6, 6.07) is -0.552. The van der Waals surface area contributed by atoms with Crippen molar-refractivity contribution in [2.45, 2.75) is 76.3 Å². The molecule has 0 bridgehead atoms. The van der Waals surface area contributed by atoms with E-state index in [9.17, 15) is 14.6 Å². The molecule has 0 aromatic heterocycles. The molecule has 0 unspecified atom stereocenters. The largest absolute Gasteiger partial charge is 0.458 e. The Hall–Kier alpha value is -1.25. The first-order valence-electron chi connectivity index (χ1n) is 8.23. The van der Waals surface area contributed by atoms with Crippen molar-refractivity contribution >= 4 is 24.5 Å². The lowest BCUT2D eigenvalue weighted by molar-refractivity contribution is -0.121. The first kappa shape index (κ1) is 19.8. The van der Waals surface area contributed by atoms with E-state index in [1.54, 1.807) is 0 Å². The highest BCUT2D eigenvalue weighted by Crippen LogP contribution is 2.31. The molecule has 0 aromatic carbocycles. The number of ketones is 2. The van der Waals surface area contributed by atoms with Gasteiger partial charge in [0, 0.05) is 31.2 Å². The fraction of sp³-hybridized carbons (Fsp3) is 0.800. The SMILES string of the molecule is CC(=O)C[C@@H]1CC[C@H](CC(=O)[C@H](N)CCCCC(=N)N)B(O)O1. The van der Waals surface area contributed by atoms with Crippen LogP contribution < -0.4 is 11.5 Å². The summed E-state index contributed by atoms with van der Waals surface area (Å²) in [4.78, 5) is 23.2. The first-order chi connectivity index (χ1) is 10.8. The minimum Gasteiger partial charge on any atom is -0.427 e. The molecule has 1 rings (SSSR count). The Morgan fingerprint density at radius 2 is 2.04 bits per heavy atom. The number of hydrogen-bond donors (Lipinski definition) is 4. The van der Waals surface area contributed by atoms with E-state index in [-0.39, 0.29) is 35.7 Å². The van der Waals surface area contributed by atoms with Gasteiger partial charge in [0.15, 0.2) is 0 Å². The van der Waals surface area contributed by atoms with E-state index in [1.807, 2.05) is 0 Å². The van der Waals surface area contributed by atoms with Gasteiger partial charge in [-0.05, 0) is 32.6 Å². The molecule has 0 radical (unpaired) electrons. The smallest absolute Gasteiger partial charge is 0.427 e. The molecule has 8 heteroatoms. The lowest BCUT2D eigenvalue weighted by atomic mass is 9.64. The van der Waals surface area contributed by atoms with Crippen molar-refractivity contribution < 1.29 is 19.3 Å². The molecule has 6 N–H and O–H groups in total. The highest BCUT2D eigenvalue weighted by molar-refractivity contribution is 6.45. The van der Waals surface area contributed by atoms with Gasteiger partial charge in [-0.3, -0.25) is 15.0 Å². The number of hydrogen-bond acceptors (Lipinski definition) is 6. The number of rotatable bonds is 10. The summed E-state index contributed by atoms with van der Waals surface area (Å²) in [6.45, 7) is 1.50. The Labute approximate surface area is 137 Å². The lowest BCUT2D eigenvalue weighted by Crippen LogP contribution is -2.40. The molecule has 0 spiro atoms. The van der Waals surface area contributed by atoms with Crippen LogP contribution in [-0.2, 0) is 14.2 Å². The van der Waals surface area contributed by atoms with Crippen LogP contribution >= 0.6 is 0 Å². The number of Topliss-reactive ketones (excluding diaryl/α,β-unsaturated/α-hetero) is 2. The highest BCUT2D eigenvalue weighted by atomic mass is 16.5. The molecule has 1 fully saturated rings. The minimum atomic E-state index is -1.01. The standard InChI is InChI=1S/C15H28BN3O4/c1-10(20)8-12-7-6-11(16(22)23-12)9-14(21)13(17)4-2-3-5-15(18)19/h11-13,22H,2-9,17H2,1H3,(H3,18,19)/t11-,12+,13-/m1/s1. The van der Waals surface area contributed by atoms with Crippen molar-refractivity contribution in [2.24, 2.45) is 11.5 Å². The molecule has 1 aliphatic rings. The van der Waals surface area contributed by atoms with E-state index in [1.165, 1.54) is 6.92 Å². The Morgan fingerprint density at radius 3 is 2.61 bits per heavy atom. The average Bonchev–Trinajstić information content (AvgIpc) is 2.45. The third-order valence-corrected chi connectivity index (χ3v) is 4.20. The Bertz CT molecular complexity index is 433. The van der Waals surface area contributed by atoms with Crippen LogP contribution in [0.15, 0.2) is 0 Å². The second kappa shape index (κ2) is 9.80. The number of nitrogens with two attached hydrogens (primary N) is 2. The van der Waals surface area contributed by atoms with Gasteiger partial charge in [0.2, 0.25) is 0 Å². The maximum absolute atomic E-state index is 12.1. The maximum atomic E-state index is 12.1. The minimum absolute atomic E-state index is 0.0318. The van der Waals surface area contributed by atoms with E-state index in [0.717, 1.165) is 12.8 Å². The van der Waals surface area contributed by atoms with Crippen LogP contribution in [0.2, 0.25) is 5.82 Å². The van der Waals surface area contributed by atoms with Crippen molar-refractivity contribution in [1.29, 1.82) is 5.41 Å². The third-order valence-electron chi connectivity index (χ3n) is 4.20. The van der Waals surface area contributed by atoms with Gasteiger partial charge in [-0.2, -0.15) is 0 Å². The molecule has 3 atom stereocenters. The molecular formula is C15H28BN3O4. The normalized spacial score (nSPS) is 22.7. The molecule has 23 heavy (non-hydrogen) atoms. The molecule has 0 amide bonds. The molecule has 7 nitrogen and oxygen atoms in total.